The fourth-order valence-corrected chi connectivity index (χ4v) is 4.46. The zero-order valence-corrected chi connectivity index (χ0v) is 14.8. The highest BCUT2D eigenvalue weighted by Crippen LogP contribution is 2.44. The van der Waals surface area contributed by atoms with Crippen molar-refractivity contribution in [3.05, 3.63) is 82.8 Å². The van der Waals surface area contributed by atoms with Crippen LogP contribution in [0.3, 0.4) is 0 Å². The molecule has 2 aliphatic rings. The highest BCUT2D eigenvalue weighted by molar-refractivity contribution is 6.27. The van der Waals surface area contributed by atoms with Crippen molar-refractivity contribution in [2.24, 2.45) is 0 Å². The van der Waals surface area contributed by atoms with Crippen molar-refractivity contribution in [2.75, 3.05) is 0 Å². The fraction of sp³-hybridized carbons (Fsp3) is 0.182. The van der Waals surface area contributed by atoms with E-state index in [0.717, 1.165) is 27.7 Å². The number of carbonyl (C=O) groups excluding carboxylic acids is 2. The Morgan fingerprint density at radius 3 is 2.52 bits per heavy atom. The van der Waals surface area contributed by atoms with E-state index in [4.69, 9.17) is 0 Å². The largest absolute Gasteiger partial charge is 0.512 e. The van der Waals surface area contributed by atoms with E-state index < -0.39 is 11.9 Å². The molecule has 0 saturated carbocycles. The van der Waals surface area contributed by atoms with Crippen molar-refractivity contribution >= 4 is 22.6 Å². The number of allylic oxidation sites excluding steroid dienone is 1. The van der Waals surface area contributed by atoms with Gasteiger partial charge < -0.3 is 15.0 Å². The van der Waals surface area contributed by atoms with Crippen LogP contribution in [0, 0.1) is 0 Å². The van der Waals surface area contributed by atoms with Gasteiger partial charge in [-0.1, -0.05) is 48.5 Å². The monoisotopic (exact) mass is 358 g/mol. The number of aliphatic hydroxyl groups excluding tert-OH is 1. The molecule has 3 aromatic rings. The highest BCUT2D eigenvalue weighted by atomic mass is 16.3. The number of aromatic amines is 1. The van der Waals surface area contributed by atoms with Gasteiger partial charge in [0, 0.05) is 23.0 Å². The van der Waals surface area contributed by atoms with Crippen molar-refractivity contribution in [3.8, 4) is 0 Å². The SMILES string of the molecule is C/C(O)=C1\C(=O)[C@@H]2Cc3c([nH]c4ccccc34)[C@H](c3ccccc3)N2C1=O. The number of aliphatic hydroxyl groups is 1. The van der Waals surface area contributed by atoms with Crippen LogP contribution in [0.25, 0.3) is 10.9 Å². The first-order chi connectivity index (χ1) is 13.1. The Morgan fingerprint density at radius 1 is 1.07 bits per heavy atom. The van der Waals surface area contributed by atoms with Crippen LogP contribution in [0.15, 0.2) is 65.9 Å². The number of nitrogens with one attached hydrogen (secondary N) is 1. The third-order valence-electron chi connectivity index (χ3n) is 5.61. The lowest BCUT2D eigenvalue weighted by Gasteiger charge is -2.37. The normalized spacial score (nSPS) is 23.5. The number of amides is 1. The predicted molar refractivity (Wildman–Crippen MR) is 101 cm³/mol. The molecule has 0 unspecified atom stereocenters. The molecular weight excluding hydrogens is 340 g/mol. The molecule has 0 radical (unpaired) electrons. The smallest absolute Gasteiger partial charge is 0.262 e. The van der Waals surface area contributed by atoms with E-state index in [1.54, 1.807) is 4.90 Å². The molecule has 134 valence electrons. The molecule has 5 rings (SSSR count). The van der Waals surface area contributed by atoms with E-state index in [-0.39, 0.29) is 23.2 Å². The van der Waals surface area contributed by atoms with Gasteiger partial charge in [-0.15, -0.1) is 0 Å². The lowest BCUT2D eigenvalue weighted by Crippen LogP contribution is -2.44. The summed E-state index contributed by atoms with van der Waals surface area (Å²) >= 11 is 0. The number of Topliss-reactive ketones (excluding diaryl/α,β-unsaturated/α-hetero) is 1. The number of para-hydroxylation sites is 1. The molecule has 2 aromatic carbocycles. The molecule has 5 nitrogen and oxygen atoms in total. The highest BCUT2D eigenvalue weighted by Gasteiger charge is 2.51. The Bertz CT molecular complexity index is 1120. The van der Waals surface area contributed by atoms with Crippen molar-refractivity contribution in [1.29, 1.82) is 0 Å². The second kappa shape index (κ2) is 5.58. The number of hydrogen-bond donors (Lipinski definition) is 2. The third-order valence-corrected chi connectivity index (χ3v) is 5.61. The topological polar surface area (TPSA) is 73.4 Å². The van der Waals surface area contributed by atoms with E-state index >= 15 is 0 Å². The first-order valence-corrected chi connectivity index (χ1v) is 8.99. The van der Waals surface area contributed by atoms with Gasteiger partial charge >= 0.3 is 0 Å². The molecular formula is C22H18N2O3. The van der Waals surface area contributed by atoms with Crippen molar-refractivity contribution in [3.63, 3.8) is 0 Å². The molecule has 2 N–H and O–H groups in total. The molecule has 2 aliphatic heterocycles. The van der Waals surface area contributed by atoms with Gasteiger partial charge in [-0.25, -0.2) is 0 Å². The number of benzene rings is 2. The average Bonchev–Trinajstić information content (AvgIpc) is 3.16. The van der Waals surface area contributed by atoms with Gasteiger partial charge in [-0.3, -0.25) is 9.59 Å². The summed E-state index contributed by atoms with van der Waals surface area (Å²) in [4.78, 5) is 31.1. The van der Waals surface area contributed by atoms with Crippen LogP contribution >= 0.6 is 0 Å². The van der Waals surface area contributed by atoms with Crippen LogP contribution in [0.1, 0.15) is 29.8 Å². The molecule has 5 heteroatoms. The summed E-state index contributed by atoms with van der Waals surface area (Å²) < 4.78 is 0. The molecule has 0 spiro atoms. The molecule has 3 heterocycles. The molecule has 2 atom stereocenters. The number of hydrogen-bond acceptors (Lipinski definition) is 3. The summed E-state index contributed by atoms with van der Waals surface area (Å²) in [6.07, 6.45) is 0.448. The first kappa shape index (κ1) is 15.9. The summed E-state index contributed by atoms with van der Waals surface area (Å²) in [6.45, 7) is 1.40. The van der Waals surface area contributed by atoms with Crippen LogP contribution in [-0.2, 0) is 16.0 Å². The van der Waals surface area contributed by atoms with Crippen LogP contribution in [0.5, 0.6) is 0 Å². The van der Waals surface area contributed by atoms with Crippen molar-refractivity contribution in [1.82, 2.24) is 9.88 Å². The number of aromatic nitrogens is 1. The fourth-order valence-electron chi connectivity index (χ4n) is 4.46. The summed E-state index contributed by atoms with van der Waals surface area (Å²) in [5, 5.41) is 11.0. The summed E-state index contributed by atoms with van der Waals surface area (Å²) in [5.74, 6) is -0.903. The Labute approximate surface area is 155 Å². The van der Waals surface area contributed by atoms with Crippen molar-refractivity contribution in [2.45, 2.75) is 25.4 Å². The molecule has 1 saturated heterocycles. The minimum Gasteiger partial charge on any atom is -0.512 e. The zero-order valence-electron chi connectivity index (χ0n) is 14.8. The van der Waals surface area contributed by atoms with Crippen LogP contribution in [-0.4, -0.2) is 32.7 Å². The number of H-pyrrole nitrogens is 1. The maximum atomic E-state index is 13.1. The zero-order chi connectivity index (χ0) is 18.7. The average molecular weight is 358 g/mol. The maximum Gasteiger partial charge on any atom is 0.262 e. The quantitative estimate of drug-likeness (QED) is 0.398. The van der Waals surface area contributed by atoms with E-state index in [1.165, 1.54) is 6.92 Å². The Balaban J connectivity index is 1.79. The minimum absolute atomic E-state index is 0.0876. The number of nitrogens with zero attached hydrogens (tertiary/aromatic N) is 1. The standard InChI is InChI=1S/C22H18N2O3/c1-12(25)18-21(26)17-11-15-14-9-5-6-10-16(14)23-19(15)20(24(17)22(18)27)13-7-3-2-4-8-13/h2-10,17,20,23,25H,11H2,1H3/b18-12-/t17-,20-/m0/s1. The first-order valence-electron chi connectivity index (χ1n) is 8.99. The van der Waals surface area contributed by atoms with Crippen LogP contribution in [0.4, 0.5) is 0 Å². The van der Waals surface area contributed by atoms with Gasteiger partial charge in [0.2, 0.25) is 0 Å². The van der Waals surface area contributed by atoms with Gasteiger partial charge in [-0.05, 0) is 24.1 Å². The number of ketones is 1. The summed E-state index contributed by atoms with van der Waals surface area (Å²) in [5.41, 5.74) is 3.86. The third kappa shape index (κ3) is 2.11. The van der Waals surface area contributed by atoms with Crippen molar-refractivity contribution < 1.29 is 14.7 Å². The Morgan fingerprint density at radius 2 is 1.78 bits per heavy atom. The van der Waals surface area contributed by atoms with Gasteiger partial charge in [0.05, 0.1) is 6.04 Å². The predicted octanol–water partition coefficient (Wildman–Crippen LogP) is 3.43. The van der Waals surface area contributed by atoms with Gasteiger partial charge in [0.1, 0.15) is 17.4 Å². The number of rotatable bonds is 1. The van der Waals surface area contributed by atoms with Gasteiger partial charge in [0.15, 0.2) is 5.78 Å². The van der Waals surface area contributed by atoms with Crippen LogP contribution in [0.2, 0.25) is 0 Å². The van der Waals surface area contributed by atoms with E-state index in [2.05, 4.69) is 4.98 Å². The maximum absolute atomic E-state index is 13.1. The summed E-state index contributed by atoms with van der Waals surface area (Å²) in [6, 6.07) is 16.7. The van der Waals surface area contributed by atoms with Crippen LogP contribution < -0.4 is 0 Å². The second-order valence-corrected chi connectivity index (χ2v) is 7.13. The minimum atomic E-state index is -0.591. The van der Waals surface area contributed by atoms with E-state index in [0.29, 0.717) is 6.42 Å². The van der Waals surface area contributed by atoms with Gasteiger partial charge in [-0.2, -0.15) is 0 Å². The number of carbonyl (C=O) groups is 2. The molecule has 0 bridgehead atoms. The van der Waals surface area contributed by atoms with E-state index in [1.807, 2.05) is 54.6 Å². The molecule has 27 heavy (non-hydrogen) atoms. The van der Waals surface area contributed by atoms with E-state index in [9.17, 15) is 14.7 Å². The Hall–Kier alpha value is -3.34. The molecule has 0 aliphatic carbocycles. The lowest BCUT2D eigenvalue weighted by atomic mass is 9.88. The second-order valence-electron chi connectivity index (χ2n) is 7.13. The molecule has 1 fully saturated rings. The molecule has 1 amide bonds. The molecule has 1 aromatic heterocycles. The lowest BCUT2D eigenvalue weighted by molar-refractivity contribution is -0.129. The Kier molecular flexibility index (Phi) is 3.28. The van der Waals surface area contributed by atoms with Gasteiger partial charge in [0.25, 0.3) is 5.91 Å². The number of fused-ring (bicyclic) bond motifs is 4. The summed E-state index contributed by atoms with van der Waals surface area (Å²) in [7, 11) is 0.